The van der Waals surface area contributed by atoms with Crippen molar-refractivity contribution in [2.45, 2.75) is 26.3 Å². The van der Waals surface area contributed by atoms with E-state index in [2.05, 4.69) is 22.4 Å². The molecule has 1 rings (SSSR count). The molecule has 1 heterocycles. The molecule has 1 aliphatic rings. The van der Waals surface area contributed by atoms with Gasteiger partial charge in [0.15, 0.2) is 0 Å². The molecule has 0 bridgehead atoms. The summed E-state index contributed by atoms with van der Waals surface area (Å²) >= 11 is 0. The van der Waals surface area contributed by atoms with E-state index in [0.29, 0.717) is 0 Å². The Morgan fingerprint density at radius 1 is 1.62 bits per heavy atom. The number of carbonyl (C=O) groups is 1. The van der Waals surface area contributed by atoms with Gasteiger partial charge in [-0.1, -0.05) is 0 Å². The van der Waals surface area contributed by atoms with E-state index in [1.807, 2.05) is 20.8 Å². The normalized spacial score (nSPS) is 15.9. The summed E-state index contributed by atoms with van der Waals surface area (Å²) in [5.41, 5.74) is 2.08. The van der Waals surface area contributed by atoms with Gasteiger partial charge in [-0.3, -0.25) is 4.79 Å². The molecule has 0 aromatic heterocycles. The van der Waals surface area contributed by atoms with Crippen LogP contribution in [0.15, 0.2) is 17.5 Å². The number of hydrogen-bond donors (Lipinski definition) is 2. The Morgan fingerprint density at radius 3 is 2.62 bits per heavy atom. The van der Waals surface area contributed by atoms with E-state index in [1.54, 1.807) is 0 Å². The maximum Gasteiger partial charge on any atom is 0.290 e. The quantitative estimate of drug-likeness (QED) is 0.614. The monoisotopic (exact) mass is 183 g/mol. The predicted molar refractivity (Wildman–Crippen MR) is 48.7 cm³/mol. The highest BCUT2D eigenvalue weighted by atomic mass is 16.7. The second-order valence-corrected chi connectivity index (χ2v) is 3.76. The summed E-state index contributed by atoms with van der Waals surface area (Å²) in [5, 5.41) is 2.73. The van der Waals surface area contributed by atoms with Crippen molar-refractivity contribution in [1.29, 1.82) is 0 Å². The molecule has 13 heavy (non-hydrogen) atoms. The molecule has 5 nitrogen and oxygen atoms in total. The van der Waals surface area contributed by atoms with Gasteiger partial charge in [-0.25, -0.2) is 0 Å². The molecule has 2 N–H and O–H groups in total. The Balaban J connectivity index is 2.59. The van der Waals surface area contributed by atoms with Crippen LogP contribution in [0.5, 0.6) is 0 Å². The topological polar surface area (TPSA) is 62.7 Å². The summed E-state index contributed by atoms with van der Waals surface area (Å²) in [6, 6.07) is 0. The molecule has 0 aromatic rings. The van der Waals surface area contributed by atoms with Gasteiger partial charge in [-0.15, -0.1) is 0 Å². The molecule has 0 aromatic carbocycles. The predicted octanol–water partition coefficient (Wildman–Crippen LogP) is 0.306. The number of nitrogens with one attached hydrogen (secondary N) is 2. The molecular formula is C8H13N3O2. The Bertz CT molecular complexity index is 276. The van der Waals surface area contributed by atoms with E-state index in [4.69, 9.17) is 4.84 Å². The lowest BCUT2D eigenvalue weighted by atomic mass is 10.1. The van der Waals surface area contributed by atoms with Crippen molar-refractivity contribution in [2.24, 2.45) is 4.99 Å². The van der Waals surface area contributed by atoms with E-state index in [1.165, 1.54) is 0 Å². The third-order valence-corrected chi connectivity index (χ3v) is 1.21. The molecule has 5 heteroatoms. The molecule has 0 aliphatic carbocycles. The van der Waals surface area contributed by atoms with Crippen LogP contribution in [0.1, 0.15) is 20.8 Å². The van der Waals surface area contributed by atoms with E-state index in [-0.39, 0.29) is 23.2 Å². The minimum atomic E-state index is -0.300. The van der Waals surface area contributed by atoms with Crippen molar-refractivity contribution in [1.82, 2.24) is 10.8 Å². The van der Waals surface area contributed by atoms with Gasteiger partial charge in [0.2, 0.25) is 11.7 Å². The molecule has 0 spiro atoms. The fourth-order valence-corrected chi connectivity index (χ4v) is 0.775. The minimum Gasteiger partial charge on any atom is -0.361 e. The number of amidine groups is 1. The van der Waals surface area contributed by atoms with Crippen LogP contribution < -0.4 is 10.8 Å². The van der Waals surface area contributed by atoms with Crippen LogP contribution in [0.4, 0.5) is 0 Å². The highest BCUT2D eigenvalue weighted by molar-refractivity contribution is 6.38. The van der Waals surface area contributed by atoms with Crippen molar-refractivity contribution < 1.29 is 9.63 Å². The van der Waals surface area contributed by atoms with Gasteiger partial charge >= 0.3 is 0 Å². The summed E-state index contributed by atoms with van der Waals surface area (Å²) in [4.78, 5) is 19.8. The van der Waals surface area contributed by atoms with E-state index in [9.17, 15) is 4.79 Å². The van der Waals surface area contributed by atoms with Crippen LogP contribution in [0.2, 0.25) is 0 Å². The molecule has 0 atom stereocenters. The van der Waals surface area contributed by atoms with Gasteiger partial charge in [-0.05, 0) is 27.4 Å². The highest BCUT2D eigenvalue weighted by Gasteiger charge is 2.22. The number of aliphatic imine (C=N–C) groups is 1. The number of hydroxylamine groups is 1. The summed E-state index contributed by atoms with van der Waals surface area (Å²) in [7, 11) is 0. The molecule has 0 fully saturated rings. The lowest BCUT2D eigenvalue weighted by Crippen LogP contribution is -2.46. The van der Waals surface area contributed by atoms with E-state index >= 15 is 0 Å². The number of rotatable bonds is 1. The number of hydrogen-bond acceptors (Lipinski definition) is 4. The molecule has 0 radical (unpaired) electrons. The molecule has 72 valence electrons. The van der Waals surface area contributed by atoms with Crippen LogP contribution in [-0.4, -0.2) is 17.3 Å². The maximum absolute atomic E-state index is 11.4. The number of amides is 1. The Hall–Kier alpha value is -1.52. The third-order valence-electron chi connectivity index (χ3n) is 1.21. The molecule has 0 unspecified atom stereocenters. The van der Waals surface area contributed by atoms with Crippen molar-refractivity contribution in [3.05, 3.63) is 12.5 Å². The zero-order chi connectivity index (χ0) is 10.1. The fourth-order valence-electron chi connectivity index (χ4n) is 0.775. The van der Waals surface area contributed by atoms with Crippen molar-refractivity contribution in [2.75, 3.05) is 0 Å². The standard InChI is InChI=1S/C8H13N3O2/c1-5-9-6(11-13-5)7(12)10-8(2,3)4/h1H2,2-4H3,(H,9,11)(H,10,12). The number of nitrogens with zero attached hydrogens (tertiary/aromatic N) is 1. The molecule has 1 aliphatic heterocycles. The van der Waals surface area contributed by atoms with Gasteiger partial charge in [0.1, 0.15) is 0 Å². The van der Waals surface area contributed by atoms with Gasteiger partial charge in [-0.2, -0.15) is 10.5 Å². The van der Waals surface area contributed by atoms with Gasteiger partial charge in [0, 0.05) is 5.54 Å². The van der Waals surface area contributed by atoms with Crippen LogP contribution in [0, 0.1) is 0 Å². The maximum atomic E-state index is 11.4. The minimum absolute atomic E-state index is 0.139. The molecule has 0 saturated carbocycles. The second kappa shape index (κ2) is 3.08. The zero-order valence-electron chi connectivity index (χ0n) is 7.97. The lowest BCUT2D eigenvalue weighted by molar-refractivity contribution is -0.116. The zero-order valence-corrected chi connectivity index (χ0v) is 7.97. The summed E-state index contributed by atoms with van der Waals surface area (Å²) in [6.45, 7) is 9.09. The van der Waals surface area contributed by atoms with E-state index < -0.39 is 0 Å². The van der Waals surface area contributed by atoms with Gasteiger partial charge < -0.3 is 10.2 Å². The summed E-state index contributed by atoms with van der Waals surface area (Å²) < 4.78 is 0. The smallest absolute Gasteiger partial charge is 0.290 e. The van der Waals surface area contributed by atoms with Crippen LogP contribution in [0.25, 0.3) is 0 Å². The van der Waals surface area contributed by atoms with Gasteiger partial charge in [0.25, 0.3) is 5.91 Å². The fraction of sp³-hybridized carbons (Fsp3) is 0.500. The number of carbonyl (C=O) groups excluding carboxylic acids is 1. The van der Waals surface area contributed by atoms with Gasteiger partial charge in [0.05, 0.1) is 0 Å². The summed E-state index contributed by atoms with van der Waals surface area (Å²) in [6.07, 6.45) is 0. The van der Waals surface area contributed by atoms with Crippen LogP contribution in [-0.2, 0) is 9.63 Å². The molecule has 1 amide bonds. The first-order valence-corrected chi connectivity index (χ1v) is 3.91. The molecular weight excluding hydrogens is 170 g/mol. The van der Waals surface area contributed by atoms with Crippen molar-refractivity contribution in [3.63, 3.8) is 0 Å². The Morgan fingerprint density at radius 2 is 2.23 bits per heavy atom. The van der Waals surface area contributed by atoms with Crippen LogP contribution >= 0.6 is 0 Å². The first-order valence-electron chi connectivity index (χ1n) is 3.91. The first kappa shape index (κ1) is 9.57. The third kappa shape index (κ3) is 2.77. The second-order valence-electron chi connectivity index (χ2n) is 3.76. The highest BCUT2D eigenvalue weighted by Crippen LogP contribution is 2.03. The lowest BCUT2D eigenvalue weighted by Gasteiger charge is -2.19. The average Bonchev–Trinajstić information content (AvgIpc) is 2.31. The summed E-state index contributed by atoms with van der Waals surface area (Å²) in [5.74, 6) is 0.0325. The van der Waals surface area contributed by atoms with E-state index in [0.717, 1.165) is 0 Å². The SMILES string of the molecule is C=C1N=C(C(=O)NC(C)(C)C)NO1. The Kier molecular flexibility index (Phi) is 2.27. The van der Waals surface area contributed by atoms with Crippen LogP contribution in [0.3, 0.4) is 0 Å². The van der Waals surface area contributed by atoms with Crippen molar-refractivity contribution in [3.8, 4) is 0 Å². The molecule has 0 saturated heterocycles. The Labute approximate surface area is 76.8 Å². The van der Waals surface area contributed by atoms with Crippen molar-refractivity contribution >= 4 is 11.7 Å². The average molecular weight is 183 g/mol. The largest absolute Gasteiger partial charge is 0.361 e. The first-order chi connectivity index (χ1) is 5.88.